The van der Waals surface area contributed by atoms with E-state index in [1.165, 1.54) is 27.4 Å². The molecule has 0 bridgehead atoms. The van der Waals surface area contributed by atoms with Crippen LogP contribution in [0.2, 0.25) is 0 Å². The zero-order chi connectivity index (χ0) is 21.6. The number of anilines is 1. The Hall–Kier alpha value is -1.43. The SMILES string of the molecule is CC(O)C(NC(C)(C)C)n1c(Sc2cc3c(cc2I)CCC3)nc2c(N)ncnc21. The highest BCUT2D eigenvalue weighted by atomic mass is 127. The Kier molecular flexibility index (Phi) is 5.99. The van der Waals surface area contributed by atoms with Crippen molar-refractivity contribution in [3.8, 4) is 0 Å². The lowest BCUT2D eigenvalue weighted by Gasteiger charge is -2.32. The summed E-state index contributed by atoms with van der Waals surface area (Å²) in [5, 5.41) is 14.9. The van der Waals surface area contributed by atoms with Gasteiger partial charge in [0.1, 0.15) is 12.5 Å². The number of nitrogen functional groups attached to an aromatic ring is 1. The molecule has 0 fully saturated rings. The minimum absolute atomic E-state index is 0.221. The van der Waals surface area contributed by atoms with Crippen molar-refractivity contribution >= 4 is 51.3 Å². The quantitative estimate of drug-likeness (QED) is 0.424. The first-order valence-corrected chi connectivity index (χ1v) is 12.0. The lowest BCUT2D eigenvalue weighted by Crippen LogP contribution is -2.46. The molecular weight excluding hydrogens is 511 g/mol. The Morgan fingerprint density at radius 2 is 1.93 bits per heavy atom. The number of halogens is 1. The lowest BCUT2D eigenvalue weighted by molar-refractivity contribution is 0.0891. The largest absolute Gasteiger partial charge is 0.390 e. The van der Waals surface area contributed by atoms with E-state index >= 15 is 0 Å². The van der Waals surface area contributed by atoms with Gasteiger partial charge in [-0.3, -0.25) is 9.88 Å². The predicted molar refractivity (Wildman–Crippen MR) is 129 cm³/mol. The van der Waals surface area contributed by atoms with Gasteiger partial charge in [0.05, 0.1) is 6.10 Å². The Morgan fingerprint density at radius 1 is 1.23 bits per heavy atom. The third kappa shape index (κ3) is 4.30. The first-order chi connectivity index (χ1) is 14.1. The Morgan fingerprint density at radius 3 is 2.60 bits per heavy atom. The van der Waals surface area contributed by atoms with E-state index in [1.807, 2.05) is 4.57 Å². The van der Waals surface area contributed by atoms with Crippen LogP contribution in [0.1, 0.15) is 51.4 Å². The van der Waals surface area contributed by atoms with E-state index in [4.69, 9.17) is 10.7 Å². The Balaban J connectivity index is 1.85. The van der Waals surface area contributed by atoms with Crippen LogP contribution < -0.4 is 11.1 Å². The summed E-state index contributed by atoms with van der Waals surface area (Å²) < 4.78 is 3.16. The number of benzene rings is 1. The molecule has 1 aliphatic rings. The fourth-order valence-electron chi connectivity index (χ4n) is 3.82. The molecule has 4 rings (SSSR count). The van der Waals surface area contributed by atoms with E-state index in [2.05, 4.69) is 70.8 Å². The van der Waals surface area contributed by atoms with Gasteiger partial charge in [0.15, 0.2) is 22.1 Å². The maximum absolute atomic E-state index is 10.7. The molecule has 1 aromatic carbocycles. The molecule has 2 aromatic heterocycles. The number of imidazole rings is 1. The normalized spacial score (nSPS) is 16.1. The maximum Gasteiger partial charge on any atom is 0.176 e. The number of fused-ring (bicyclic) bond motifs is 2. The zero-order valence-corrected chi connectivity index (χ0v) is 20.6. The van der Waals surface area contributed by atoms with Gasteiger partial charge < -0.3 is 10.8 Å². The summed E-state index contributed by atoms with van der Waals surface area (Å²) >= 11 is 3.98. The molecule has 0 saturated carbocycles. The summed E-state index contributed by atoms with van der Waals surface area (Å²) in [4.78, 5) is 14.5. The molecule has 9 heteroatoms. The van der Waals surface area contributed by atoms with Crippen LogP contribution >= 0.6 is 34.4 Å². The molecule has 2 heterocycles. The number of nitrogens with one attached hydrogen (secondary N) is 1. The van der Waals surface area contributed by atoms with Crippen LogP contribution in [-0.4, -0.2) is 36.3 Å². The van der Waals surface area contributed by atoms with Gasteiger partial charge in [0, 0.05) is 14.0 Å². The molecule has 7 nitrogen and oxygen atoms in total. The van der Waals surface area contributed by atoms with Crippen LogP contribution in [0.15, 0.2) is 28.5 Å². The van der Waals surface area contributed by atoms with E-state index in [9.17, 15) is 5.11 Å². The highest BCUT2D eigenvalue weighted by Gasteiger charge is 2.29. The maximum atomic E-state index is 10.7. The number of aliphatic hydroxyl groups is 1. The third-order valence-electron chi connectivity index (χ3n) is 5.14. The van der Waals surface area contributed by atoms with E-state index < -0.39 is 12.3 Å². The molecule has 2 unspecified atom stereocenters. The Labute approximate surface area is 194 Å². The highest BCUT2D eigenvalue weighted by molar-refractivity contribution is 14.1. The molecule has 0 aliphatic heterocycles. The van der Waals surface area contributed by atoms with Crippen molar-refractivity contribution in [3.05, 3.63) is 33.2 Å². The second kappa shape index (κ2) is 8.25. The molecular formula is C21H27IN6OS. The van der Waals surface area contributed by atoms with Gasteiger partial charge in [-0.25, -0.2) is 15.0 Å². The zero-order valence-electron chi connectivity index (χ0n) is 17.6. The van der Waals surface area contributed by atoms with Gasteiger partial charge in [0.25, 0.3) is 0 Å². The number of rotatable bonds is 5. The van der Waals surface area contributed by atoms with E-state index in [0.29, 0.717) is 17.0 Å². The van der Waals surface area contributed by atoms with Gasteiger partial charge in [-0.1, -0.05) is 11.8 Å². The molecule has 3 aromatic rings. The molecule has 30 heavy (non-hydrogen) atoms. The summed E-state index contributed by atoms with van der Waals surface area (Å²) in [5.41, 5.74) is 9.93. The number of aromatic nitrogens is 4. The van der Waals surface area contributed by atoms with E-state index in [-0.39, 0.29) is 5.54 Å². The van der Waals surface area contributed by atoms with Crippen LogP contribution in [0.5, 0.6) is 0 Å². The molecule has 0 radical (unpaired) electrons. The number of hydrogen-bond donors (Lipinski definition) is 3. The first kappa shape index (κ1) is 21.8. The molecule has 160 valence electrons. The minimum atomic E-state index is -0.670. The van der Waals surface area contributed by atoms with Gasteiger partial charge in [-0.15, -0.1) is 0 Å². The standard InChI is InChI=1S/C21H27IN6OS/c1-11(29)18(27-21(2,3)4)28-19-16(17(23)24-10-25-19)26-20(28)30-15-9-13-7-5-6-12(13)8-14(15)22/h8-11,18,27,29H,5-7H2,1-4H3,(H2,23,24,25). The van der Waals surface area contributed by atoms with E-state index in [0.717, 1.165) is 22.9 Å². The number of nitrogens with zero attached hydrogens (tertiary/aromatic N) is 4. The van der Waals surface area contributed by atoms with Crippen molar-refractivity contribution in [1.82, 2.24) is 24.8 Å². The molecule has 0 amide bonds. The number of hydrogen-bond acceptors (Lipinski definition) is 7. The van der Waals surface area contributed by atoms with Gasteiger partial charge in [-0.05, 0) is 92.8 Å². The molecule has 0 spiro atoms. The average Bonchev–Trinajstić information content (AvgIpc) is 3.24. The second-order valence-electron chi connectivity index (χ2n) is 8.78. The van der Waals surface area contributed by atoms with Gasteiger partial charge in [-0.2, -0.15) is 0 Å². The van der Waals surface area contributed by atoms with Crippen molar-refractivity contribution in [1.29, 1.82) is 0 Å². The smallest absolute Gasteiger partial charge is 0.176 e. The summed E-state index contributed by atoms with van der Waals surface area (Å²) in [5.74, 6) is 0.337. The topological polar surface area (TPSA) is 102 Å². The van der Waals surface area contributed by atoms with Gasteiger partial charge >= 0.3 is 0 Å². The third-order valence-corrected chi connectivity index (χ3v) is 7.42. The summed E-state index contributed by atoms with van der Waals surface area (Å²) in [6.07, 6.45) is 3.84. The lowest BCUT2D eigenvalue weighted by atomic mass is 10.1. The van der Waals surface area contributed by atoms with Crippen molar-refractivity contribution in [2.75, 3.05) is 5.73 Å². The number of nitrogens with two attached hydrogens (primary N) is 1. The number of aryl methyl sites for hydroxylation is 2. The summed E-state index contributed by atoms with van der Waals surface area (Å²) in [7, 11) is 0. The minimum Gasteiger partial charge on any atom is -0.390 e. The van der Waals surface area contributed by atoms with Crippen molar-refractivity contribution in [2.24, 2.45) is 0 Å². The van der Waals surface area contributed by atoms with Crippen molar-refractivity contribution in [3.63, 3.8) is 0 Å². The van der Waals surface area contributed by atoms with E-state index in [1.54, 1.807) is 18.7 Å². The second-order valence-corrected chi connectivity index (χ2v) is 11.0. The molecule has 4 N–H and O–H groups in total. The van der Waals surface area contributed by atoms with Crippen LogP contribution in [0.25, 0.3) is 11.2 Å². The Bertz CT molecular complexity index is 1090. The van der Waals surface area contributed by atoms with Crippen LogP contribution in [0.4, 0.5) is 5.82 Å². The summed E-state index contributed by atoms with van der Waals surface area (Å²) in [6, 6.07) is 4.56. The van der Waals surface area contributed by atoms with Crippen LogP contribution in [0.3, 0.4) is 0 Å². The molecule has 1 aliphatic carbocycles. The predicted octanol–water partition coefficient (Wildman–Crippen LogP) is 3.92. The monoisotopic (exact) mass is 538 g/mol. The molecule has 0 saturated heterocycles. The molecule has 2 atom stereocenters. The average molecular weight is 538 g/mol. The fourth-order valence-corrected chi connectivity index (χ4v) is 5.67. The number of aliphatic hydroxyl groups excluding tert-OH is 1. The van der Waals surface area contributed by atoms with Crippen LogP contribution in [-0.2, 0) is 12.8 Å². The fraction of sp³-hybridized carbons (Fsp3) is 0.476. The van der Waals surface area contributed by atoms with Gasteiger partial charge in [0.2, 0.25) is 0 Å². The first-order valence-electron chi connectivity index (χ1n) is 10.1. The van der Waals surface area contributed by atoms with Crippen LogP contribution in [0, 0.1) is 3.57 Å². The summed E-state index contributed by atoms with van der Waals surface area (Å²) in [6.45, 7) is 7.98. The highest BCUT2D eigenvalue weighted by Crippen LogP contribution is 2.38. The van der Waals surface area contributed by atoms with Crippen molar-refractivity contribution < 1.29 is 5.11 Å². The van der Waals surface area contributed by atoms with Crippen molar-refractivity contribution in [2.45, 2.75) is 74.8 Å².